The molecule has 0 aliphatic rings. The Bertz CT molecular complexity index is 487. The molecule has 1 aromatic rings. The summed E-state index contributed by atoms with van der Waals surface area (Å²) >= 11 is 1.28. The van der Waals surface area contributed by atoms with Gasteiger partial charge in [-0.25, -0.2) is 0 Å². The number of nitrogens with zero attached hydrogens (tertiary/aromatic N) is 1. The quantitative estimate of drug-likeness (QED) is 0.516. The molecule has 0 aliphatic heterocycles. The molecule has 0 spiro atoms. The number of rotatable bonds is 3. The maximum atomic E-state index is 11.5. The fourth-order valence-corrected chi connectivity index (χ4v) is 2.03. The van der Waals surface area contributed by atoms with E-state index in [-0.39, 0.29) is 11.7 Å². The van der Waals surface area contributed by atoms with Gasteiger partial charge < -0.3 is 10.5 Å². The second kappa shape index (κ2) is 5.78. The number of hydrogen-bond donors (Lipinski definition) is 1. The molecule has 2 N–H and O–H groups in total. The molecule has 0 bridgehead atoms. The number of nitrogens with two attached hydrogens (primary N) is 1. The number of thioether (sulfide) groups is 1. The van der Waals surface area contributed by atoms with E-state index in [1.807, 2.05) is 20.8 Å². The smallest absolute Gasteiger partial charge is 0.316 e. The van der Waals surface area contributed by atoms with Gasteiger partial charge in [-0.2, -0.15) is 5.26 Å². The molecule has 1 rings (SSSR count). The van der Waals surface area contributed by atoms with Crippen LogP contribution in [0.3, 0.4) is 0 Å². The molecule has 0 fully saturated rings. The molecule has 0 heterocycles. The van der Waals surface area contributed by atoms with E-state index in [2.05, 4.69) is 6.07 Å². The van der Waals surface area contributed by atoms with Gasteiger partial charge in [0.15, 0.2) is 0 Å². The molecular formula is C13H16N2O2S. The van der Waals surface area contributed by atoms with Crippen molar-refractivity contribution in [1.82, 2.24) is 0 Å². The lowest BCUT2D eigenvalue weighted by Gasteiger charge is -2.19. The van der Waals surface area contributed by atoms with E-state index in [1.165, 1.54) is 11.8 Å². The van der Waals surface area contributed by atoms with Crippen LogP contribution in [0, 0.1) is 11.3 Å². The van der Waals surface area contributed by atoms with Crippen molar-refractivity contribution < 1.29 is 9.53 Å². The lowest BCUT2D eigenvalue weighted by Crippen LogP contribution is -2.24. The second-order valence-corrected chi connectivity index (χ2v) is 5.76. The standard InChI is InChI=1S/C13H16N2O2S/c1-13(2,3)17-12(16)8-18-11-5-4-10(15)6-9(11)7-14/h4-6H,8,15H2,1-3H3. The monoisotopic (exact) mass is 264 g/mol. The van der Waals surface area contributed by atoms with Crippen molar-refractivity contribution in [3.05, 3.63) is 23.8 Å². The molecule has 0 unspecified atom stereocenters. The third kappa shape index (κ3) is 4.68. The Morgan fingerprint density at radius 1 is 1.50 bits per heavy atom. The highest BCUT2D eigenvalue weighted by Crippen LogP contribution is 2.24. The largest absolute Gasteiger partial charge is 0.459 e. The van der Waals surface area contributed by atoms with Crippen LogP contribution in [0.2, 0.25) is 0 Å². The van der Waals surface area contributed by atoms with Gasteiger partial charge in [0.05, 0.1) is 11.3 Å². The van der Waals surface area contributed by atoms with Crippen molar-refractivity contribution in [2.75, 3.05) is 11.5 Å². The molecule has 0 saturated heterocycles. The van der Waals surface area contributed by atoms with Crippen LogP contribution in [0.5, 0.6) is 0 Å². The molecule has 1 aromatic carbocycles. The fourth-order valence-electron chi connectivity index (χ4n) is 1.27. The first kappa shape index (κ1) is 14.4. The molecule has 96 valence electrons. The average molecular weight is 264 g/mol. The number of nitriles is 1. The summed E-state index contributed by atoms with van der Waals surface area (Å²) in [5.41, 5.74) is 6.11. The van der Waals surface area contributed by atoms with Gasteiger partial charge in [0, 0.05) is 10.6 Å². The molecule has 4 nitrogen and oxygen atoms in total. The first-order valence-electron chi connectivity index (χ1n) is 5.46. The minimum absolute atomic E-state index is 0.176. The SMILES string of the molecule is CC(C)(C)OC(=O)CSc1ccc(N)cc1C#N. The van der Waals surface area contributed by atoms with Gasteiger partial charge in [0.25, 0.3) is 0 Å². The Morgan fingerprint density at radius 3 is 2.72 bits per heavy atom. The summed E-state index contributed by atoms with van der Waals surface area (Å²) in [5.74, 6) is -0.121. The zero-order valence-corrected chi connectivity index (χ0v) is 11.5. The van der Waals surface area contributed by atoms with Crippen LogP contribution in [-0.4, -0.2) is 17.3 Å². The van der Waals surface area contributed by atoms with Gasteiger partial charge in [-0.05, 0) is 39.0 Å². The number of carbonyl (C=O) groups excluding carboxylic acids is 1. The van der Waals surface area contributed by atoms with Crippen molar-refractivity contribution in [2.45, 2.75) is 31.3 Å². The first-order valence-corrected chi connectivity index (χ1v) is 6.44. The van der Waals surface area contributed by atoms with Crippen LogP contribution in [0.1, 0.15) is 26.3 Å². The lowest BCUT2D eigenvalue weighted by atomic mass is 10.2. The minimum atomic E-state index is -0.489. The lowest BCUT2D eigenvalue weighted by molar-refractivity contribution is -0.151. The van der Waals surface area contributed by atoms with Gasteiger partial charge in [0.1, 0.15) is 11.7 Å². The normalized spacial score (nSPS) is 10.8. The molecule has 0 amide bonds. The van der Waals surface area contributed by atoms with E-state index in [9.17, 15) is 4.79 Å². The predicted molar refractivity (Wildman–Crippen MR) is 72.1 cm³/mol. The molecular weight excluding hydrogens is 248 g/mol. The van der Waals surface area contributed by atoms with E-state index in [1.54, 1.807) is 18.2 Å². The minimum Gasteiger partial charge on any atom is -0.459 e. The van der Waals surface area contributed by atoms with Gasteiger partial charge in [-0.3, -0.25) is 4.79 Å². The first-order chi connectivity index (χ1) is 8.31. The predicted octanol–water partition coefficient (Wildman–Crippen LogP) is 2.57. The maximum absolute atomic E-state index is 11.5. The average Bonchev–Trinajstić information content (AvgIpc) is 2.24. The highest BCUT2D eigenvalue weighted by atomic mass is 32.2. The molecule has 5 heteroatoms. The van der Waals surface area contributed by atoms with Crippen LogP contribution >= 0.6 is 11.8 Å². The van der Waals surface area contributed by atoms with Gasteiger partial charge in [-0.1, -0.05) is 0 Å². The Morgan fingerprint density at radius 2 is 2.17 bits per heavy atom. The number of hydrogen-bond acceptors (Lipinski definition) is 5. The Hall–Kier alpha value is -1.67. The topological polar surface area (TPSA) is 76.1 Å². The summed E-state index contributed by atoms with van der Waals surface area (Å²) < 4.78 is 5.19. The van der Waals surface area contributed by atoms with Crippen molar-refractivity contribution in [3.8, 4) is 6.07 Å². The zero-order valence-electron chi connectivity index (χ0n) is 10.7. The van der Waals surface area contributed by atoms with Gasteiger partial charge >= 0.3 is 5.97 Å². The third-order valence-corrected chi connectivity index (χ3v) is 2.94. The number of carbonyl (C=O) groups is 1. The zero-order chi connectivity index (χ0) is 13.8. The van der Waals surface area contributed by atoms with E-state index in [0.717, 1.165) is 4.90 Å². The third-order valence-electron chi connectivity index (χ3n) is 1.89. The maximum Gasteiger partial charge on any atom is 0.316 e. The summed E-state index contributed by atoms with van der Waals surface area (Å²) in [6.45, 7) is 5.46. The molecule has 0 saturated carbocycles. The molecule has 18 heavy (non-hydrogen) atoms. The van der Waals surface area contributed by atoms with Crippen molar-refractivity contribution in [1.29, 1.82) is 5.26 Å². The van der Waals surface area contributed by atoms with Crippen LogP contribution in [0.15, 0.2) is 23.1 Å². The van der Waals surface area contributed by atoms with Crippen molar-refractivity contribution in [3.63, 3.8) is 0 Å². The van der Waals surface area contributed by atoms with Crippen LogP contribution in [0.25, 0.3) is 0 Å². The Labute approximate surface area is 111 Å². The highest BCUT2D eigenvalue weighted by molar-refractivity contribution is 8.00. The Kier molecular flexibility index (Phi) is 4.62. The van der Waals surface area contributed by atoms with Crippen molar-refractivity contribution >= 4 is 23.4 Å². The van der Waals surface area contributed by atoms with Crippen LogP contribution < -0.4 is 5.73 Å². The summed E-state index contributed by atoms with van der Waals surface area (Å²) in [4.78, 5) is 12.3. The number of anilines is 1. The van der Waals surface area contributed by atoms with E-state index in [4.69, 9.17) is 15.7 Å². The summed E-state index contributed by atoms with van der Waals surface area (Å²) in [6, 6.07) is 7.10. The molecule has 0 aliphatic carbocycles. The number of nitrogen functional groups attached to an aromatic ring is 1. The number of ether oxygens (including phenoxy) is 1. The van der Waals surface area contributed by atoms with E-state index < -0.39 is 5.60 Å². The second-order valence-electron chi connectivity index (χ2n) is 4.74. The summed E-state index contributed by atoms with van der Waals surface area (Å²) in [6.07, 6.45) is 0. The van der Waals surface area contributed by atoms with E-state index >= 15 is 0 Å². The summed E-state index contributed by atoms with van der Waals surface area (Å²) in [7, 11) is 0. The highest BCUT2D eigenvalue weighted by Gasteiger charge is 2.16. The number of esters is 1. The molecule has 0 aromatic heterocycles. The Balaban J connectivity index is 2.65. The van der Waals surface area contributed by atoms with Crippen LogP contribution in [0.4, 0.5) is 5.69 Å². The van der Waals surface area contributed by atoms with Gasteiger partial charge in [-0.15, -0.1) is 11.8 Å². The van der Waals surface area contributed by atoms with Crippen LogP contribution in [-0.2, 0) is 9.53 Å². The van der Waals surface area contributed by atoms with Crippen molar-refractivity contribution in [2.24, 2.45) is 0 Å². The molecule has 0 atom stereocenters. The summed E-state index contributed by atoms with van der Waals surface area (Å²) in [5, 5.41) is 8.96. The van der Waals surface area contributed by atoms with Gasteiger partial charge in [0.2, 0.25) is 0 Å². The van der Waals surface area contributed by atoms with E-state index in [0.29, 0.717) is 11.3 Å². The number of benzene rings is 1. The fraction of sp³-hybridized carbons (Fsp3) is 0.385. The molecule has 0 radical (unpaired) electrons.